The molecule has 1 saturated heterocycles. The summed E-state index contributed by atoms with van der Waals surface area (Å²) < 4.78 is 21.7. The number of amides is 1. The van der Waals surface area contributed by atoms with Crippen molar-refractivity contribution in [1.29, 1.82) is 0 Å². The molecule has 9 heteroatoms. The van der Waals surface area contributed by atoms with Crippen molar-refractivity contribution < 1.29 is 13.9 Å². The number of halogens is 1. The van der Waals surface area contributed by atoms with E-state index in [0.717, 1.165) is 64.2 Å². The zero-order valence-electron chi connectivity index (χ0n) is 24.4. The van der Waals surface area contributed by atoms with Gasteiger partial charge in [0.25, 0.3) is 5.91 Å². The van der Waals surface area contributed by atoms with E-state index in [1.807, 2.05) is 57.1 Å². The number of anilines is 2. The molecule has 2 aliphatic heterocycles. The van der Waals surface area contributed by atoms with Gasteiger partial charge in [-0.2, -0.15) is 5.10 Å². The van der Waals surface area contributed by atoms with Crippen molar-refractivity contribution in [3.63, 3.8) is 0 Å². The molecule has 0 saturated carbocycles. The molecule has 0 spiro atoms. The van der Waals surface area contributed by atoms with Crippen molar-refractivity contribution in [1.82, 2.24) is 14.7 Å². The van der Waals surface area contributed by atoms with E-state index in [1.165, 1.54) is 6.07 Å². The number of methoxy groups -OCH3 is 1. The van der Waals surface area contributed by atoms with Crippen LogP contribution in [0.1, 0.15) is 27.2 Å². The Kier molecular flexibility index (Phi) is 7.20. The molecule has 220 valence electrons. The van der Waals surface area contributed by atoms with Gasteiger partial charge in [0.1, 0.15) is 11.6 Å². The number of piperazine rings is 1. The summed E-state index contributed by atoms with van der Waals surface area (Å²) in [6.07, 6.45) is 2.00. The zero-order valence-corrected chi connectivity index (χ0v) is 24.4. The monoisotopic (exact) mass is 586 g/mol. The van der Waals surface area contributed by atoms with Gasteiger partial charge in [-0.1, -0.05) is 36.4 Å². The lowest BCUT2D eigenvalue weighted by molar-refractivity contribution is 0.0991. The molecule has 1 amide bonds. The molecule has 1 aromatic heterocycles. The van der Waals surface area contributed by atoms with Crippen LogP contribution in [-0.4, -0.2) is 53.9 Å². The molecule has 0 atom stereocenters. The molecular formula is C35H31FN6O2. The summed E-state index contributed by atoms with van der Waals surface area (Å²) in [5.41, 5.74) is 5.67. The van der Waals surface area contributed by atoms with Gasteiger partial charge >= 0.3 is 0 Å². The molecule has 2 aliphatic rings. The Morgan fingerprint density at radius 1 is 0.909 bits per heavy atom. The van der Waals surface area contributed by atoms with Crippen LogP contribution in [0.25, 0.3) is 15.6 Å². The third-order valence-corrected chi connectivity index (χ3v) is 8.56. The van der Waals surface area contributed by atoms with Gasteiger partial charge in [-0.25, -0.2) is 9.24 Å². The minimum atomic E-state index is -0.344. The first kappa shape index (κ1) is 27.6. The number of nitrogens with zero attached hydrogens (tertiary/aromatic N) is 6. The van der Waals surface area contributed by atoms with Gasteiger partial charge in [0.05, 0.1) is 43.8 Å². The van der Waals surface area contributed by atoms with Crippen molar-refractivity contribution in [2.75, 3.05) is 43.1 Å². The number of rotatable bonds is 8. The molecule has 0 N–H and O–H groups in total. The first-order valence-electron chi connectivity index (χ1n) is 14.7. The van der Waals surface area contributed by atoms with E-state index in [-0.39, 0.29) is 11.7 Å². The minimum Gasteiger partial charge on any atom is -0.497 e. The van der Waals surface area contributed by atoms with Gasteiger partial charge in [-0.05, 0) is 59.0 Å². The molecule has 44 heavy (non-hydrogen) atoms. The molecule has 0 bridgehead atoms. The van der Waals surface area contributed by atoms with E-state index < -0.39 is 0 Å². The maximum atomic E-state index is 14.5. The van der Waals surface area contributed by atoms with Crippen LogP contribution in [0.3, 0.4) is 0 Å². The molecule has 3 heterocycles. The quantitative estimate of drug-likeness (QED) is 0.201. The summed E-state index contributed by atoms with van der Waals surface area (Å²) in [6, 6.07) is 24.7. The number of hydrogen-bond donors (Lipinski definition) is 0. The lowest BCUT2D eigenvalue weighted by atomic mass is 10.0. The van der Waals surface area contributed by atoms with Gasteiger partial charge in [0.2, 0.25) is 0 Å². The van der Waals surface area contributed by atoms with Crippen LogP contribution >= 0.6 is 0 Å². The average molecular weight is 587 g/mol. The molecule has 7 rings (SSSR count). The second-order valence-electron chi connectivity index (χ2n) is 11.2. The van der Waals surface area contributed by atoms with Gasteiger partial charge in [0.15, 0.2) is 5.69 Å². The fourth-order valence-electron chi connectivity index (χ4n) is 6.26. The fourth-order valence-corrected chi connectivity index (χ4v) is 6.26. The molecule has 1 fully saturated rings. The van der Waals surface area contributed by atoms with E-state index in [4.69, 9.17) is 16.4 Å². The van der Waals surface area contributed by atoms with Crippen LogP contribution < -0.4 is 14.5 Å². The van der Waals surface area contributed by atoms with Crippen LogP contribution in [0.15, 0.2) is 85.1 Å². The van der Waals surface area contributed by atoms with Crippen LogP contribution in [0.2, 0.25) is 0 Å². The molecule has 0 radical (unpaired) electrons. The summed E-state index contributed by atoms with van der Waals surface area (Å²) in [6.45, 7) is 11.9. The Morgan fingerprint density at radius 2 is 1.70 bits per heavy atom. The summed E-state index contributed by atoms with van der Waals surface area (Å²) in [4.78, 5) is 23.0. The highest BCUT2D eigenvalue weighted by Gasteiger charge is 2.30. The smallest absolute Gasteiger partial charge is 0.259 e. The first-order chi connectivity index (χ1) is 21.5. The highest BCUT2D eigenvalue weighted by molar-refractivity contribution is 6.25. The van der Waals surface area contributed by atoms with Crippen LogP contribution in [-0.2, 0) is 19.6 Å². The highest BCUT2D eigenvalue weighted by atomic mass is 19.1. The summed E-state index contributed by atoms with van der Waals surface area (Å²) >= 11 is 0. The average Bonchev–Trinajstić information content (AvgIpc) is 3.61. The minimum absolute atomic E-state index is 0.0168. The fraction of sp³-hybridized carbons (Fsp3) is 0.229. The second kappa shape index (κ2) is 11.5. The van der Waals surface area contributed by atoms with Crippen molar-refractivity contribution >= 4 is 33.7 Å². The van der Waals surface area contributed by atoms with Gasteiger partial charge in [-0.15, -0.1) is 0 Å². The topological polar surface area (TPSA) is 58.2 Å². The Morgan fingerprint density at radius 3 is 2.45 bits per heavy atom. The highest BCUT2D eigenvalue weighted by Crippen LogP contribution is 2.40. The molecule has 4 aromatic carbocycles. The predicted octanol–water partition coefficient (Wildman–Crippen LogP) is 6.27. The third-order valence-electron chi connectivity index (χ3n) is 8.56. The van der Waals surface area contributed by atoms with E-state index in [9.17, 15) is 9.18 Å². The van der Waals surface area contributed by atoms with Gasteiger partial charge in [-0.3, -0.25) is 14.4 Å². The Balaban J connectivity index is 1.03. The zero-order chi connectivity index (χ0) is 30.2. The normalized spacial score (nSPS) is 14.8. The summed E-state index contributed by atoms with van der Waals surface area (Å²) in [5, 5.41) is 6.92. The van der Waals surface area contributed by atoms with Crippen LogP contribution in [0, 0.1) is 12.4 Å². The molecular weight excluding hydrogens is 555 g/mol. The number of aromatic nitrogens is 2. The standard InChI is InChI=1S/C35H31FN6O2/c1-37-26-9-13-32(31(36)20-26)40-18-16-39(17-19-40)23-27-14-15-41(38-27)22-25-8-12-33-34-29(25)4-3-5-30(34)35(43)42(33)21-24-6-10-28(44-2)11-7-24/h3-15,20H,16-19,21-23H2,2H3. The number of ether oxygens (including phenoxy) is 1. The molecule has 0 unspecified atom stereocenters. The number of carbonyl (C=O) groups is 1. The largest absolute Gasteiger partial charge is 0.497 e. The Labute approximate surface area is 255 Å². The van der Waals surface area contributed by atoms with Crippen molar-refractivity contribution in [2.24, 2.45) is 0 Å². The SMILES string of the molecule is [C-]#[N+]c1ccc(N2CCN(Cc3ccn(Cc4ccc5c6c(cccc46)C(=O)N5Cc4ccc(OC)cc4)n3)CC2)c(F)c1. The summed E-state index contributed by atoms with van der Waals surface area (Å²) in [7, 11) is 1.64. The van der Waals surface area contributed by atoms with E-state index in [1.54, 1.807) is 19.2 Å². The van der Waals surface area contributed by atoms with E-state index in [2.05, 4.69) is 34.0 Å². The lowest BCUT2D eigenvalue weighted by Gasteiger charge is -2.36. The van der Waals surface area contributed by atoms with Crippen LogP contribution in [0.5, 0.6) is 5.75 Å². The van der Waals surface area contributed by atoms with Gasteiger partial charge < -0.3 is 14.5 Å². The first-order valence-corrected chi connectivity index (χ1v) is 14.7. The molecule has 8 nitrogen and oxygen atoms in total. The number of benzene rings is 4. The Hall–Kier alpha value is -5.20. The third kappa shape index (κ3) is 5.14. The lowest BCUT2D eigenvalue weighted by Crippen LogP contribution is -2.46. The van der Waals surface area contributed by atoms with Gasteiger partial charge in [0, 0.05) is 49.9 Å². The van der Waals surface area contributed by atoms with Crippen LogP contribution in [0.4, 0.5) is 21.5 Å². The van der Waals surface area contributed by atoms with E-state index in [0.29, 0.717) is 37.6 Å². The van der Waals surface area contributed by atoms with Crippen molar-refractivity contribution in [3.8, 4) is 5.75 Å². The molecule has 0 aliphatic carbocycles. The summed E-state index contributed by atoms with van der Waals surface area (Å²) in [5.74, 6) is 0.462. The van der Waals surface area contributed by atoms with E-state index >= 15 is 0 Å². The number of hydrogen-bond acceptors (Lipinski definition) is 5. The number of carbonyl (C=O) groups excluding carboxylic acids is 1. The van der Waals surface area contributed by atoms with Crippen molar-refractivity contribution in [3.05, 3.63) is 125 Å². The molecule has 5 aromatic rings. The van der Waals surface area contributed by atoms with Crippen molar-refractivity contribution in [2.45, 2.75) is 19.6 Å². The second-order valence-corrected chi connectivity index (χ2v) is 11.2. The maximum absolute atomic E-state index is 14.5. The Bertz CT molecular complexity index is 1900. The predicted molar refractivity (Wildman–Crippen MR) is 169 cm³/mol. The maximum Gasteiger partial charge on any atom is 0.259 e.